The van der Waals surface area contributed by atoms with Gasteiger partial charge in [-0.2, -0.15) is 0 Å². The number of hydrogen-bond donors (Lipinski definition) is 1. The van der Waals surface area contributed by atoms with Crippen LogP contribution < -0.4 is 4.74 Å². The van der Waals surface area contributed by atoms with E-state index in [0.29, 0.717) is 12.5 Å². The van der Waals surface area contributed by atoms with Crippen LogP contribution in [0.3, 0.4) is 0 Å². The largest absolute Gasteiger partial charge is 0.493 e. The van der Waals surface area contributed by atoms with Crippen molar-refractivity contribution in [3.8, 4) is 5.75 Å². The van der Waals surface area contributed by atoms with Crippen molar-refractivity contribution in [1.29, 1.82) is 0 Å². The Morgan fingerprint density at radius 3 is 2.53 bits per heavy atom. The van der Waals surface area contributed by atoms with Gasteiger partial charge in [0.05, 0.1) is 12.7 Å². The molecule has 0 amide bonds. The number of benzene rings is 1. The maximum Gasteiger partial charge on any atom is 0.119 e. The molecule has 1 aromatic carbocycles. The van der Waals surface area contributed by atoms with E-state index in [1.165, 1.54) is 25.7 Å². The lowest BCUT2D eigenvalue weighted by Crippen LogP contribution is -2.20. The monoisotopic (exact) mass is 298 g/mol. The van der Waals surface area contributed by atoms with Gasteiger partial charge in [0.2, 0.25) is 0 Å². The molecule has 2 rings (SSSR count). The molecule has 17 heavy (non-hydrogen) atoms. The summed E-state index contributed by atoms with van der Waals surface area (Å²) >= 11 is 3.39. The van der Waals surface area contributed by atoms with Crippen LogP contribution in [0, 0.1) is 5.92 Å². The SMILES string of the molecule is OC(CCOc1ccc(Br)cc1)C1CCCC1. The van der Waals surface area contributed by atoms with Gasteiger partial charge in [0.1, 0.15) is 5.75 Å². The lowest BCUT2D eigenvalue weighted by molar-refractivity contribution is 0.0853. The summed E-state index contributed by atoms with van der Waals surface area (Å²) in [4.78, 5) is 0. The zero-order valence-corrected chi connectivity index (χ0v) is 11.5. The van der Waals surface area contributed by atoms with Crippen LogP contribution in [0.5, 0.6) is 5.75 Å². The fourth-order valence-electron chi connectivity index (χ4n) is 2.41. The number of aliphatic hydroxyl groups is 1. The van der Waals surface area contributed by atoms with Crippen molar-refractivity contribution in [2.45, 2.75) is 38.2 Å². The van der Waals surface area contributed by atoms with E-state index in [9.17, 15) is 5.11 Å². The van der Waals surface area contributed by atoms with Crippen molar-refractivity contribution in [2.24, 2.45) is 5.92 Å². The molecule has 0 aromatic heterocycles. The minimum atomic E-state index is -0.187. The van der Waals surface area contributed by atoms with E-state index in [-0.39, 0.29) is 6.10 Å². The minimum Gasteiger partial charge on any atom is -0.493 e. The average Bonchev–Trinajstić information content (AvgIpc) is 2.85. The Kier molecular flexibility index (Phi) is 4.86. The predicted molar refractivity (Wildman–Crippen MR) is 72.2 cm³/mol. The van der Waals surface area contributed by atoms with Gasteiger partial charge < -0.3 is 9.84 Å². The maximum atomic E-state index is 9.98. The third-order valence-corrected chi connectivity index (χ3v) is 3.97. The zero-order chi connectivity index (χ0) is 12.1. The number of aliphatic hydroxyl groups excluding tert-OH is 1. The molecular weight excluding hydrogens is 280 g/mol. The zero-order valence-electron chi connectivity index (χ0n) is 9.94. The maximum absolute atomic E-state index is 9.98. The molecule has 1 unspecified atom stereocenters. The molecule has 1 aliphatic rings. The summed E-state index contributed by atoms with van der Waals surface area (Å²) in [7, 11) is 0. The van der Waals surface area contributed by atoms with Crippen LogP contribution in [-0.2, 0) is 0 Å². The van der Waals surface area contributed by atoms with E-state index in [0.717, 1.165) is 16.6 Å². The first-order valence-electron chi connectivity index (χ1n) is 6.32. The highest BCUT2D eigenvalue weighted by Crippen LogP contribution is 2.29. The molecule has 1 aliphatic carbocycles. The van der Waals surface area contributed by atoms with Crippen LogP contribution in [0.25, 0.3) is 0 Å². The standard InChI is InChI=1S/C14H19BrO2/c15-12-5-7-13(8-6-12)17-10-9-14(16)11-3-1-2-4-11/h5-8,11,14,16H,1-4,9-10H2. The van der Waals surface area contributed by atoms with E-state index in [1.807, 2.05) is 24.3 Å². The second kappa shape index (κ2) is 6.41. The van der Waals surface area contributed by atoms with Gasteiger partial charge in [0, 0.05) is 10.9 Å². The quantitative estimate of drug-likeness (QED) is 0.897. The highest BCUT2D eigenvalue weighted by atomic mass is 79.9. The molecule has 0 bridgehead atoms. The van der Waals surface area contributed by atoms with Gasteiger partial charge in [0.25, 0.3) is 0 Å². The second-order valence-electron chi connectivity index (χ2n) is 4.70. The van der Waals surface area contributed by atoms with E-state index in [2.05, 4.69) is 15.9 Å². The molecule has 0 heterocycles. The van der Waals surface area contributed by atoms with E-state index < -0.39 is 0 Å². The van der Waals surface area contributed by atoms with Crippen molar-refractivity contribution in [2.75, 3.05) is 6.61 Å². The van der Waals surface area contributed by atoms with Crippen molar-refractivity contribution in [3.05, 3.63) is 28.7 Å². The van der Waals surface area contributed by atoms with Gasteiger partial charge >= 0.3 is 0 Å². The average molecular weight is 299 g/mol. The summed E-state index contributed by atoms with van der Waals surface area (Å²) in [6.45, 7) is 0.597. The van der Waals surface area contributed by atoms with Crippen LogP contribution in [0.1, 0.15) is 32.1 Å². The smallest absolute Gasteiger partial charge is 0.119 e. The second-order valence-corrected chi connectivity index (χ2v) is 5.62. The molecule has 0 spiro atoms. The van der Waals surface area contributed by atoms with E-state index >= 15 is 0 Å². The third-order valence-electron chi connectivity index (χ3n) is 3.44. The Morgan fingerprint density at radius 1 is 1.24 bits per heavy atom. The van der Waals surface area contributed by atoms with Crippen LogP contribution in [0.4, 0.5) is 0 Å². The first-order chi connectivity index (χ1) is 8.25. The number of hydrogen-bond acceptors (Lipinski definition) is 2. The third kappa shape index (κ3) is 4.00. The number of halogens is 1. The van der Waals surface area contributed by atoms with Crippen LogP contribution >= 0.6 is 15.9 Å². The number of ether oxygens (including phenoxy) is 1. The predicted octanol–water partition coefficient (Wildman–Crippen LogP) is 3.77. The Balaban J connectivity index is 1.70. The highest BCUT2D eigenvalue weighted by Gasteiger charge is 2.22. The van der Waals surface area contributed by atoms with Crippen molar-refractivity contribution < 1.29 is 9.84 Å². The molecule has 1 atom stereocenters. The normalized spacial score (nSPS) is 18.2. The fraction of sp³-hybridized carbons (Fsp3) is 0.571. The Morgan fingerprint density at radius 2 is 1.88 bits per heavy atom. The summed E-state index contributed by atoms with van der Waals surface area (Å²) in [6, 6.07) is 7.80. The molecule has 2 nitrogen and oxygen atoms in total. The molecule has 1 N–H and O–H groups in total. The molecule has 0 aliphatic heterocycles. The Labute approximate surface area is 111 Å². The van der Waals surface area contributed by atoms with Gasteiger partial charge in [0.15, 0.2) is 0 Å². The fourth-order valence-corrected chi connectivity index (χ4v) is 2.67. The molecule has 0 radical (unpaired) electrons. The molecular formula is C14H19BrO2. The van der Waals surface area contributed by atoms with E-state index in [1.54, 1.807) is 0 Å². The van der Waals surface area contributed by atoms with Crippen molar-refractivity contribution in [3.63, 3.8) is 0 Å². The topological polar surface area (TPSA) is 29.5 Å². The summed E-state index contributed by atoms with van der Waals surface area (Å²) in [6.07, 6.45) is 5.46. The first-order valence-corrected chi connectivity index (χ1v) is 7.11. The Bertz CT molecular complexity index is 331. The molecule has 1 saturated carbocycles. The number of rotatable bonds is 5. The lowest BCUT2D eigenvalue weighted by Gasteiger charge is -2.17. The van der Waals surface area contributed by atoms with E-state index in [4.69, 9.17) is 4.74 Å². The summed E-state index contributed by atoms with van der Waals surface area (Å²) in [5, 5.41) is 9.98. The Hall–Kier alpha value is -0.540. The van der Waals surface area contributed by atoms with Crippen molar-refractivity contribution >= 4 is 15.9 Å². The molecule has 3 heteroatoms. The van der Waals surface area contributed by atoms with Gasteiger partial charge in [-0.1, -0.05) is 28.8 Å². The van der Waals surface area contributed by atoms with Crippen LogP contribution in [0.15, 0.2) is 28.7 Å². The molecule has 1 aromatic rings. The van der Waals surface area contributed by atoms with Crippen LogP contribution in [-0.4, -0.2) is 17.8 Å². The van der Waals surface area contributed by atoms with Gasteiger partial charge in [-0.15, -0.1) is 0 Å². The van der Waals surface area contributed by atoms with Gasteiger partial charge in [-0.3, -0.25) is 0 Å². The van der Waals surface area contributed by atoms with Gasteiger partial charge in [-0.25, -0.2) is 0 Å². The highest BCUT2D eigenvalue weighted by molar-refractivity contribution is 9.10. The first kappa shape index (κ1) is 12.9. The summed E-state index contributed by atoms with van der Waals surface area (Å²) in [5.41, 5.74) is 0. The summed E-state index contributed by atoms with van der Waals surface area (Å²) in [5.74, 6) is 1.37. The molecule has 94 valence electrons. The molecule has 0 saturated heterocycles. The molecule has 1 fully saturated rings. The van der Waals surface area contributed by atoms with Crippen molar-refractivity contribution in [1.82, 2.24) is 0 Å². The van der Waals surface area contributed by atoms with Gasteiger partial charge in [-0.05, 0) is 43.0 Å². The van der Waals surface area contributed by atoms with Crippen LogP contribution in [0.2, 0.25) is 0 Å². The lowest BCUT2D eigenvalue weighted by atomic mass is 9.99. The minimum absolute atomic E-state index is 0.187. The summed E-state index contributed by atoms with van der Waals surface area (Å²) < 4.78 is 6.66.